The van der Waals surface area contributed by atoms with Crippen LogP contribution in [0.5, 0.6) is 0 Å². The van der Waals surface area contributed by atoms with Crippen molar-refractivity contribution in [2.75, 3.05) is 31.1 Å². The highest BCUT2D eigenvalue weighted by atomic mass is 16.2. The summed E-state index contributed by atoms with van der Waals surface area (Å²) >= 11 is 0. The van der Waals surface area contributed by atoms with Crippen molar-refractivity contribution >= 4 is 17.6 Å². The molecule has 2 saturated heterocycles. The second-order valence-electron chi connectivity index (χ2n) is 8.84. The number of nitrogens with zero attached hydrogens (tertiary/aromatic N) is 2. The summed E-state index contributed by atoms with van der Waals surface area (Å²) in [4.78, 5) is 29.3. The number of hydrogen-bond acceptors (Lipinski definition) is 3. The van der Waals surface area contributed by atoms with Crippen LogP contribution >= 0.6 is 0 Å². The monoisotopic (exact) mass is 398 g/mol. The van der Waals surface area contributed by atoms with Gasteiger partial charge in [0, 0.05) is 43.0 Å². The van der Waals surface area contributed by atoms with Gasteiger partial charge in [-0.15, -0.1) is 0 Å². The smallest absolute Gasteiger partial charge is 0.322 e. The van der Waals surface area contributed by atoms with E-state index in [1.54, 1.807) is 4.90 Å². The van der Waals surface area contributed by atoms with E-state index >= 15 is 0 Å². The predicted octanol–water partition coefficient (Wildman–Crippen LogP) is 3.44. The molecule has 0 bridgehead atoms. The second-order valence-corrected chi connectivity index (χ2v) is 8.84. The molecule has 6 nitrogen and oxygen atoms in total. The van der Waals surface area contributed by atoms with Gasteiger partial charge < -0.3 is 10.6 Å². The van der Waals surface area contributed by atoms with Gasteiger partial charge in [-0.2, -0.15) is 0 Å². The third kappa shape index (κ3) is 4.74. The van der Waals surface area contributed by atoms with Crippen LogP contribution in [0, 0.1) is 6.92 Å². The first-order chi connectivity index (χ1) is 14.1. The Morgan fingerprint density at radius 1 is 1.07 bits per heavy atom. The van der Waals surface area contributed by atoms with Gasteiger partial charge in [-0.25, -0.2) is 4.79 Å². The number of nitrogens with one attached hydrogen (secondary N) is 2. The molecule has 3 amide bonds. The number of amides is 3. The number of carbonyl (C=O) groups excluding carboxylic acids is 2. The van der Waals surface area contributed by atoms with Gasteiger partial charge in [-0.05, 0) is 56.8 Å². The molecule has 0 unspecified atom stereocenters. The maximum absolute atomic E-state index is 13.0. The van der Waals surface area contributed by atoms with Gasteiger partial charge >= 0.3 is 6.03 Å². The highest BCUT2D eigenvalue weighted by Crippen LogP contribution is 2.26. The molecule has 6 heteroatoms. The van der Waals surface area contributed by atoms with Gasteiger partial charge in [0.2, 0.25) is 0 Å². The van der Waals surface area contributed by atoms with E-state index in [9.17, 15) is 9.59 Å². The third-order valence-corrected chi connectivity index (χ3v) is 6.75. The number of urea groups is 1. The highest BCUT2D eigenvalue weighted by Gasteiger charge is 2.28. The predicted molar refractivity (Wildman–Crippen MR) is 115 cm³/mol. The quantitative estimate of drug-likeness (QED) is 0.764. The first-order valence-electron chi connectivity index (χ1n) is 11.3. The number of rotatable bonds is 4. The summed E-state index contributed by atoms with van der Waals surface area (Å²) in [7, 11) is 0. The van der Waals surface area contributed by atoms with Gasteiger partial charge in [0.15, 0.2) is 0 Å². The van der Waals surface area contributed by atoms with Gasteiger partial charge in [0.25, 0.3) is 5.91 Å². The Hall–Kier alpha value is -2.08. The Morgan fingerprint density at radius 3 is 2.59 bits per heavy atom. The fourth-order valence-electron chi connectivity index (χ4n) is 5.09. The maximum Gasteiger partial charge on any atom is 0.322 e. The average Bonchev–Trinajstić information content (AvgIpc) is 2.98. The van der Waals surface area contributed by atoms with E-state index in [4.69, 9.17) is 0 Å². The normalized spacial score (nSPS) is 24.2. The van der Waals surface area contributed by atoms with Gasteiger partial charge in [-0.1, -0.05) is 31.7 Å². The SMILES string of the molecule is Cc1ccc(C(=O)N[C@H]2CCCN(C3CCCCCC3)C2)cc1N1CCNC1=O. The Bertz CT molecular complexity index is 742. The molecule has 0 spiro atoms. The highest BCUT2D eigenvalue weighted by molar-refractivity contribution is 5.99. The van der Waals surface area contributed by atoms with E-state index in [-0.39, 0.29) is 18.0 Å². The zero-order chi connectivity index (χ0) is 20.2. The van der Waals surface area contributed by atoms with Crippen molar-refractivity contribution < 1.29 is 9.59 Å². The van der Waals surface area contributed by atoms with E-state index in [1.165, 1.54) is 38.5 Å². The van der Waals surface area contributed by atoms with Crippen LogP contribution in [0.25, 0.3) is 0 Å². The Kier molecular flexibility index (Phi) is 6.38. The minimum absolute atomic E-state index is 0.0291. The molecular formula is C23H34N4O2. The molecule has 3 fully saturated rings. The molecule has 1 saturated carbocycles. The van der Waals surface area contributed by atoms with Crippen LogP contribution in [-0.4, -0.2) is 55.1 Å². The molecule has 2 N–H and O–H groups in total. The van der Waals surface area contributed by atoms with Crippen molar-refractivity contribution in [3.63, 3.8) is 0 Å². The Morgan fingerprint density at radius 2 is 1.86 bits per heavy atom. The van der Waals surface area contributed by atoms with Crippen LogP contribution in [0.15, 0.2) is 18.2 Å². The molecule has 1 aromatic rings. The largest absolute Gasteiger partial charge is 0.348 e. The van der Waals surface area contributed by atoms with Crippen molar-refractivity contribution in [2.45, 2.75) is 70.4 Å². The number of benzene rings is 1. The van der Waals surface area contributed by atoms with Gasteiger partial charge in [0.1, 0.15) is 0 Å². The van der Waals surface area contributed by atoms with E-state index in [2.05, 4.69) is 15.5 Å². The first-order valence-corrected chi connectivity index (χ1v) is 11.3. The fourth-order valence-corrected chi connectivity index (χ4v) is 5.09. The second kappa shape index (κ2) is 9.16. The minimum Gasteiger partial charge on any atom is -0.348 e. The lowest BCUT2D eigenvalue weighted by Crippen LogP contribution is -2.50. The molecule has 1 aliphatic carbocycles. The zero-order valence-corrected chi connectivity index (χ0v) is 17.6. The number of anilines is 1. The lowest BCUT2D eigenvalue weighted by Gasteiger charge is -2.38. The number of likely N-dealkylation sites (tertiary alicyclic amines) is 1. The Balaban J connectivity index is 1.40. The molecular weight excluding hydrogens is 364 g/mol. The summed E-state index contributed by atoms with van der Waals surface area (Å²) in [6, 6.07) is 6.48. The van der Waals surface area contributed by atoms with E-state index in [1.807, 2.05) is 25.1 Å². The van der Waals surface area contributed by atoms with Crippen molar-refractivity contribution in [3.05, 3.63) is 29.3 Å². The topological polar surface area (TPSA) is 64.7 Å². The third-order valence-electron chi connectivity index (χ3n) is 6.75. The molecule has 0 radical (unpaired) electrons. The van der Waals surface area contributed by atoms with E-state index in [0.717, 1.165) is 37.2 Å². The number of piperidine rings is 1. The fraction of sp³-hybridized carbons (Fsp3) is 0.652. The molecule has 2 aliphatic heterocycles. The zero-order valence-electron chi connectivity index (χ0n) is 17.6. The average molecular weight is 399 g/mol. The van der Waals surface area contributed by atoms with Crippen LogP contribution in [-0.2, 0) is 0 Å². The Labute approximate surface area is 174 Å². The summed E-state index contributed by atoms with van der Waals surface area (Å²) in [6.07, 6.45) is 10.2. The van der Waals surface area contributed by atoms with Crippen molar-refractivity contribution in [3.8, 4) is 0 Å². The van der Waals surface area contributed by atoms with Crippen LogP contribution in [0.1, 0.15) is 67.3 Å². The molecule has 0 aromatic heterocycles. The van der Waals surface area contributed by atoms with Crippen molar-refractivity contribution in [1.29, 1.82) is 0 Å². The van der Waals surface area contributed by atoms with E-state index in [0.29, 0.717) is 24.7 Å². The molecule has 1 atom stereocenters. The number of aryl methyl sites for hydroxylation is 1. The summed E-state index contributed by atoms with van der Waals surface area (Å²) in [6.45, 7) is 5.39. The molecule has 29 heavy (non-hydrogen) atoms. The van der Waals surface area contributed by atoms with Gasteiger partial charge in [0.05, 0.1) is 0 Å². The molecule has 1 aromatic carbocycles. The molecule has 3 aliphatic rings. The maximum atomic E-state index is 13.0. The van der Waals surface area contributed by atoms with Crippen molar-refractivity contribution in [1.82, 2.24) is 15.5 Å². The van der Waals surface area contributed by atoms with Gasteiger partial charge in [-0.3, -0.25) is 14.6 Å². The lowest BCUT2D eigenvalue weighted by atomic mass is 9.99. The number of carbonyl (C=O) groups is 2. The van der Waals surface area contributed by atoms with Crippen LogP contribution in [0.3, 0.4) is 0 Å². The van der Waals surface area contributed by atoms with Crippen LogP contribution in [0.2, 0.25) is 0 Å². The molecule has 158 valence electrons. The minimum atomic E-state index is -0.0861. The summed E-state index contributed by atoms with van der Waals surface area (Å²) in [5, 5.41) is 6.10. The number of hydrogen-bond donors (Lipinski definition) is 2. The summed E-state index contributed by atoms with van der Waals surface area (Å²) < 4.78 is 0. The summed E-state index contributed by atoms with van der Waals surface area (Å²) in [5.41, 5.74) is 2.48. The molecule has 4 rings (SSSR count). The van der Waals surface area contributed by atoms with Crippen LogP contribution < -0.4 is 15.5 Å². The molecule has 2 heterocycles. The van der Waals surface area contributed by atoms with Crippen LogP contribution in [0.4, 0.5) is 10.5 Å². The summed E-state index contributed by atoms with van der Waals surface area (Å²) in [5.74, 6) is -0.0291. The van der Waals surface area contributed by atoms with E-state index < -0.39 is 0 Å². The lowest BCUT2D eigenvalue weighted by molar-refractivity contribution is 0.0860. The van der Waals surface area contributed by atoms with Crippen molar-refractivity contribution in [2.24, 2.45) is 0 Å². The standard InChI is InChI=1S/C23H34N4O2/c1-17-10-11-18(15-21(17)27-14-12-24-23(27)29)22(28)25-19-7-6-13-26(16-19)20-8-4-2-3-5-9-20/h10-11,15,19-20H,2-9,12-14,16H2,1H3,(H,24,29)(H,25,28)/t19-/m0/s1. The first kappa shape index (κ1) is 20.2.